The molecular weight excluding hydrogens is 212 g/mol. The van der Waals surface area contributed by atoms with Crippen molar-refractivity contribution in [2.45, 2.75) is 12.8 Å². The van der Waals surface area contributed by atoms with E-state index in [2.05, 4.69) is 4.98 Å². The van der Waals surface area contributed by atoms with E-state index in [1.165, 1.54) is 0 Å². The maximum absolute atomic E-state index is 11.5. The zero-order chi connectivity index (χ0) is 10.7. The van der Waals surface area contributed by atoms with Crippen LogP contribution in [0.5, 0.6) is 0 Å². The van der Waals surface area contributed by atoms with Gasteiger partial charge in [-0.25, -0.2) is 12.7 Å². The molecule has 0 spiro atoms. The highest BCUT2D eigenvalue weighted by atomic mass is 32.2. The molecule has 0 amide bonds. The van der Waals surface area contributed by atoms with E-state index < -0.39 is 10.0 Å². The van der Waals surface area contributed by atoms with E-state index in [1.807, 2.05) is 18.2 Å². The van der Waals surface area contributed by atoms with Gasteiger partial charge in [-0.3, -0.25) is 4.98 Å². The van der Waals surface area contributed by atoms with Crippen LogP contribution in [0.1, 0.15) is 12.1 Å². The summed E-state index contributed by atoms with van der Waals surface area (Å²) in [6, 6.07) is 5.69. The number of sulfonamides is 1. The van der Waals surface area contributed by atoms with Crippen molar-refractivity contribution in [1.82, 2.24) is 9.29 Å². The van der Waals surface area contributed by atoms with Crippen LogP contribution in [-0.4, -0.2) is 36.5 Å². The third kappa shape index (κ3) is 2.54. The van der Waals surface area contributed by atoms with E-state index in [0.29, 0.717) is 25.3 Å². The van der Waals surface area contributed by atoms with Crippen molar-refractivity contribution in [3.8, 4) is 0 Å². The third-order valence-corrected chi connectivity index (χ3v) is 4.50. The molecule has 1 aliphatic rings. The van der Waals surface area contributed by atoms with Crippen molar-refractivity contribution in [3.05, 3.63) is 30.1 Å². The van der Waals surface area contributed by atoms with Gasteiger partial charge in [0.25, 0.3) is 0 Å². The fourth-order valence-electron chi connectivity index (χ4n) is 1.73. The summed E-state index contributed by atoms with van der Waals surface area (Å²) in [5, 5.41) is 0. The Bertz CT molecular complexity index is 416. The molecule has 0 radical (unpaired) electrons. The molecular formula is C10H14N2O2S. The number of hydrogen-bond donors (Lipinski definition) is 0. The van der Waals surface area contributed by atoms with Gasteiger partial charge in [0.15, 0.2) is 0 Å². The number of pyridine rings is 1. The molecule has 0 aliphatic carbocycles. The molecule has 1 aliphatic heterocycles. The Kier molecular flexibility index (Phi) is 3.02. The fourth-order valence-corrected chi connectivity index (χ4v) is 3.26. The Balaban J connectivity index is 1.94. The standard InChI is InChI=1S/C10H14N2O2S/c13-15(14)9-3-7-12(15)8-5-10-4-1-2-6-11-10/h1-2,4,6H,3,5,7-9H2. The largest absolute Gasteiger partial charge is 0.261 e. The normalized spacial score (nSPS) is 20.5. The molecule has 1 fully saturated rings. The van der Waals surface area contributed by atoms with Crippen molar-refractivity contribution in [2.75, 3.05) is 18.8 Å². The lowest BCUT2D eigenvalue weighted by Gasteiger charge is -2.13. The van der Waals surface area contributed by atoms with E-state index in [-0.39, 0.29) is 0 Å². The molecule has 0 aromatic carbocycles. The van der Waals surface area contributed by atoms with Gasteiger partial charge in [0.1, 0.15) is 0 Å². The Morgan fingerprint density at radius 1 is 1.40 bits per heavy atom. The number of hydrogen-bond acceptors (Lipinski definition) is 3. The highest BCUT2D eigenvalue weighted by molar-refractivity contribution is 7.89. The SMILES string of the molecule is O=S1(=O)CCCN1CCc1ccccn1. The smallest absolute Gasteiger partial charge is 0.214 e. The van der Waals surface area contributed by atoms with Gasteiger partial charge >= 0.3 is 0 Å². The topological polar surface area (TPSA) is 50.3 Å². The van der Waals surface area contributed by atoms with Crippen LogP contribution < -0.4 is 0 Å². The predicted octanol–water partition coefficient (Wildman–Crippen LogP) is 0.660. The summed E-state index contributed by atoms with van der Waals surface area (Å²) in [4.78, 5) is 4.17. The molecule has 15 heavy (non-hydrogen) atoms. The quantitative estimate of drug-likeness (QED) is 0.760. The Hall–Kier alpha value is -0.940. The van der Waals surface area contributed by atoms with Crippen LogP contribution in [-0.2, 0) is 16.4 Å². The second-order valence-electron chi connectivity index (χ2n) is 3.64. The van der Waals surface area contributed by atoms with Crippen molar-refractivity contribution in [1.29, 1.82) is 0 Å². The van der Waals surface area contributed by atoms with Crippen molar-refractivity contribution < 1.29 is 8.42 Å². The Morgan fingerprint density at radius 2 is 2.27 bits per heavy atom. The van der Waals surface area contributed by atoms with Gasteiger partial charge in [-0.05, 0) is 18.6 Å². The summed E-state index contributed by atoms with van der Waals surface area (Å²) >= 11 is 0. The van der Waals surface area contributed by atoms with Gasteiger partial charge in [-0.15, -0.1) is 0 Å². The molecule has 2 rings (SSSR count). The first-order chi connectivity index (χ1) is 7.18. The first kappa shape index (κ1) is 10.6. The van der Waals surface area contributed by atoms with Crippen LogP contribution in [0.3, 0.4) is 0 Å². The minimum absolute atomic E-state index is 0.301. The average Bonchev–Trinajstić information content (AvgIpc) is 2.56. The lowest BCUT2D eigenvalue weighted by molar-refractivity contribution is 0.445. The Morgan fingerprint density at radius 3 is 2.87 bits per heavy atom. The molecule has 82 valence electrons. The average molecular weight is 226 g/mol. The Labute approximate surface area is 90.0 Å². The molecule has 0 N–H and O–H groups in total. The van der Waals surface area contributed by atoms with E-state index in [1.54, 1.807) is 10.5 Å². The van der Waals surface area contributed by atoms with Crippen LogP contribution in [0.4, 0.5) is 0 Å². The van der Waals surface area contributed by atoms with Crippen molar-refractivity contribution in [2.24, 2.45) is 0 Å². The lowest BCUT2D eigenvalue weighted by atomic mass is 10.3. The first-order valence-electron chi connectivity index (χ1n) is 5.06. The number of rotatable bonds is 3. The molecule has 0 saturated carbocycles. The van der Waals surface area contributed by atoms with E-state index >= 15 is 0 Å². The third-order valence-electron chi connectivity index (χ3n) is 2.55. The maximum atomic E-state index is 11.5. The van der Waals surface area contributed by atoms with E-state index in [0.717, 1.165) is 12.1 Å². The van der Waals surface area contributed by atoms with Crippen LogP contribution in [0.15, 0.2) is 24.4 Å². The molecule has 0 unspecified atom stereocenters. The number of aromatic nitrogens is 1. The second kappa shape index (κ2) is 4.28. The van der Waals surface area contributed by atoms with E-state index in [9.17, 15) is 8.42 Å². The van der Waals surface area contributed by atoms with Crippen LogP contribution in [0.2, 0.25) is 0 Å². The molecule has 1 aromatic rings. The second-order valence-corrected chi connectivity index (χ2v) is 5.73. The highest BCUT2D eigenvalue weighted by Gasteiger charge is 2.27. The minimum Gasteiger partial charge on any atom is -0.261 e. The molecule has 1 saturated heterocycles. The fraction of sp³-hybridized carbons (Fsp3) is 0.500. The van der Waals surface area contributed by atoms with Crippen LogP contribution in [0.25, 0.3) is 0 Å². The molecule has 0 bridgehead atoms. The van der Waals surface area contributed by atoms with Crippen LogP contribution in [0, 0.1) is 0 Å². The van der Waals surface area contributed by atoms with Crippen molar-refractivity contribution >= 4 is 10.0 Å². The number of nitrogens with zero attached hydrogens (tertiary/aromatic N) is 2. The van der Waals surface area contributed by atoms with Gasteiger partial charge in [0, 0.05) is 31.4 Å². The zero-order valence-corrected chi connectivity index (χ0v) is 9.28. The van der Waals surface area contributed by atoms with Gasteiger partial charge in [0.05, 0.1) is 5.75 Å². The van der Waals surface area contributed by atoms with E-state index in [4.69, 9.17) is 0 Å². The van der Waals surface area contributed by atoms with Crippen molar-refractivity contribution in [3.63, 3.8) is 0 Å². The van der Waals surface area contributed by atoms with Crippen LogP contribution >= 0.6 is 0 Å². The zero-order valence-electron chi connectivity index (χ0n) is 8.46. The minimum atomic E-state index is -2.95. The summed E-state index contributed by atoms with van der Waals surface area (Å²) in [5.74, 6) is 0.301. The molecule has 5 heteroatoms. The summed E-state index contributed by atoms with van der Waals surface area (Å²) < 4.78 is 24.5. The van der Waals surface area contributed by atoms with Gasteiger partial charge in [0.2, 0.25) is 10.0 Å². The first-order valence-corrected chi connectivity index (χ1v) is 6.67. The monoisotopic (exact) mass is 226 g/mol. The predicted molar refractivity (Wildman–Crippen MR) is 57.9 cm³/mol. The van der Waals surface area contributed by atoms with Gasteiger partial charge in [-0.1, -0.05) is 6.07 Å². The molecule has 1 aromatic heterocycles. The summed E-state index contributed by atoms with van der Waals surface area (Å²) in [7, 11) is -2.95. The van der Waals surface area contributed by atoms with Gasteiger partial charge < -0.3 is 0 Å². The maximum Gasteiger partial charge on any atom is 0.214 e. The molecule has 2 heterocycles. The highest BCUT2D eigenvalue weighted by Crippen LogP contribution is 2.13. The summed E-state index contributed by atoms with van der Waals surface area (Å²) in [6.07, 6.45) is 3.18. The molecule has 0 atom stereocenters. The lowest BCUT2D eigenvalue weighted by Crippen LogP contribution is -2.28. The summed E-state index contributed by atoms with van der Waals surface area (Å²) in [6.45, 7) is 1.22. The van der Waals surface area contributed by atoms with Gasteiger partial charge in [-0.2, -0.15) is 0 Å². The summed E-state index contributed by atoms with van der Waals surface area (Å²) in [5.41, 5.74) is 0.944. The molecule has 4 nitrogen and oxygen atoms in total.